The molecule has 0 amide bonds. The van der Waals surface area contributed by atoms with Gasteiger partial charge in [-0.2, -0.15) is 0 Å². The molecule has 0 saturated heterocycles. The average Bonchev–Trinajstić information content (AvgIpc) is 2.29. The van der Waals surface area contributed by atoms with Gasteiger partial charge in [-0.1, -0.05) is 0 Å². The van der Waals surface area contributed by atoms with E-state index in [4.69, 9.17) is 4.74 Å². The Bertz CT molecular complexity index is 395. The van der Waals surface area contributed by atoms with Crippen molar-refractivity contribution in [2.24, 2.45) is 0 Å². The number of rotatable bonds is 6. The lowest BCUT2D eigenvalue weighted by atomic mass is 10.1. The Morgan fingerprint density at radius 1 is 1.21 bits per heavy atom. The van der Waals surface area contributed by atoms with Gasteiger partial charge >= 0.3 is 0 Å². The maximum atomic E-state index is 12.1. The van der Waals surface area contributed by atoms with Gasteiger partial charge in [0.2, 0.25) is 0 Å². The molecular weight excluding hydrogens is 377 g/mol. The summed E-state index contributed by atoms with van der Waals surface area (Å²) in [5, 5.41) is 3.43. The molecular formula is C14H20Br2FNO. The zero-order valence-corrected chi connectivity index (χ0v) is 14.7. The van der Waals surface area contributed by atoms with Crippen LogP contribution < -0.4 is 10.1 Å². The van der Waals surface area contributed by atoms with Crippen molar-refractivity contribution in [1.82, 2.24) is 5.32 Å². The fourth-order valence-electron chi connectivity index (χ4n) is 1.45. The molecule has 0 aliphatic carbocycles. The van der Waals surface area contributed by atoms with Crippen LogP contribution in [0.3, 0.4) is 0 Å². The summed E-state index contributed by atoms with van der Waals surface area (Å²) in [6.45, 7) is 7.20. The predicted octanol–water partition coefficient (Wildman–Crippen LogP) is 4.84. The Hall–Kier alpha value is -0.130. The molecule has 108 valence electrons. The summed E-state index contributed by atoms with van der Waals surface area (Å²) >= 11 is 6.99. The van der Waals surface area contributed by atoms with Crippen molar-refractivity contribution in [3.05, 3.63) is 26.6 Å². The molecule has 19 heavy (non-hydrogen) atoms. The summed E-state index contributed by atoms with van der Waals surface area (Å²) in [5.74, 6) is 0.730. The minimum Gasteiger partial charge on any atom is -0.491 e. The average molecular weight is 397 g/mol. The van der Waals surface area contributed by atoms with Gasteiger partial charge in [0, 0.05) is 18.5 Å². The van der Waals surface area contributed by atoms with E-state index in [1.807, 2.05) is 12.1 Å². The molecule has 0 saturated carbocycles. The highest BCUT2D eigenvalue weighted by atomic mass is 79.9. The highest BCUT2D eigenvalue weighted by molar-refractivity contribution is 9.11. The molecule has 5 heteroatoms. The van der Waals surface area contributed by atoms with Crippen LogP contribution in [0.1, 0.15) is 32.8 Å². The van der Waals surface area contributed by atoms with Gasteiger partial charge in [-0.25, -0.2) is 0 Å². The topological polar surface area (TPSA) is 21.3 Å². The van der Waals surface area contributed by atoms with Gasteiger partial charge in [0.1, 0.15) is 5.75 Å². The summed E-state index contributed by atoms with van der Waals surface area (Å²) < 4.78 is 19.4. The number of nitrogens with one attached hydrogen (secondary N) is 1. The first-order valence-corrected chi connectivity index (χ1v) is 7.84. The van der Waals surface area contributed by atoms with Gasteiger partial charge in [0.15, 0.2) is 0 Å². The van der Waals surface area contributed by atoms with Gasteiger partial charge in [0.25, 0.3) is 0 Å². The third kappa shape index (κ3) is 6.23. The van der Waals surface area contributed by atoms with Crippen molar-refractivity contribution in [2.45, 2.75) is 39.3 Å². The van der Waals surface area contributed by atoms with Crippen LogP contribution in [0.15, 0.2) is 21.1 Å². The molecule has 0 unspecified atom stereocenters. The summed E-state index contributed by atoms with van der Waals surface area (Å²) in [4.78, 5) is 0. The van der Waals surface area contributed by atoms with E-state index in [0.29, 0.717) is 13.0 Å². The van der Waals surface area contributed by atoms with Crippen LogP contribution in [-0.4, -0.2) is 18.8 Å². The van der Waals surface area contributed by atoms with Gasteiger partial charge in [-0.3, -0.25) is 4.39 Å². The maximum absolute atomic E-state index is 12.1. The number of hydrogen-bond donors (Lipinski definition) is 1. The monoisotopic (exact) mass is 395 g/mol. The fourth-order valence-corrected chi connectivity index (χ4v) is 2.96. The summed E-state index contributed by atoms with van der Waals surface area (Å²) in [6.07, 6.45) is 0.409. The Balaban J connectivity index is 2.73. The lowest BCUT2D eigenvalue weighted by Gasteiger charge is -2.21. The second-order valence-corrected chi connectivity index (χ2v) is 7.09. The third-order valence-electron chi connectivity index (χ3n) is 2.41. The smallest absolute Gasteiger partial charge is 0.147 e. The molecule has 1 rings (SSSR count). The molecule has 0 radical (unpaired) electrons. The normalized spacial score (nSPS) is 11.7. The van der Waals surface area contributed by atoms with E-state index in [2.05, 4.69) is 57.9 Å². The number of alkyl halides is 1. The van der Waals surface area contributed by atoms with Crippen LogP contribution in [0.25, 0.3) is 0 Å². The first kappa shape index (κ1) is 16.9. The third-order valence-corrected chi connectivity index (χ3v) is 3.58. The first-order chi connectivity index (χ1) is 8.83. The minimum atomic E-state index is -0.358. The number of benzene rings is 1. The Morgan fingerprint density at radius 2 is 1.79 bits per heavy atom. The second-order valence-electron chi connectivity index (χ2n) is 5.38. The first-order valence-electron chi connectivity index (χ1n) is 6.25. The van der Waals surface area contributed by atoms with Gasteiger partial charge in [-0.05, 0) is 70.3 Å². The molecule has 1 aromatic carbocycles. The van der Waals surface area contributed by atoms with Crippen molar-refractivity contribution in [3.63, 3.8) is 0 Å². The lowest BCUT2D eigenvalue weighted by Crippen LogP contribution is -2.35. The van der Waals surface area contributed by atoms with Crippen molar-refractivity contribution in [3.8, 4) is 5.75 Å². The van der Waals surface area contributed by atoms with E-state index in [1.165, 1.54) is 0 Å². The van der Waals surface area contributed by atoms with Gasteiger partial charge in [-0.15, -0.1) is 0 Å². The molecule has 0 fully saturated rings. The number of hydrogen-bond acceptors (Lipinski definition) is 2. The number of halogens is 3. The van der Waals surface area contributed by atoms with Crippen LogP contribution >= 0.6 is 31.9 Å². The van der Waals surface area contributed by atoms with Crippen molar-refractivity contribution < 1.29 is 9.13 Å². The molecule has 0 heterocycles. The molecule has 0 spiro atoms. The minimum absolute atomic E-state index is 0.0786. The van der Waals surface area contributed by atoms with E-state index >= 15 is 0 Å². The molecule has 0 aliphatic heterocycles. The quantitative estimate of drug-likeness (QED) is 0.694. The molecule has 1 aromatic rings. The maximum Gasteiger partial charge on any atom is 0.147 e. The largest absolute Gasteiger partial charge is 0.491 e. The zero-order valence-electron chi connectivity index (χ0n) is 11.5. The zero-order chi connectivity index (χ0) is 14.5. The summed E-state index contributed by atoms with van der Waals surface area (Å²) in [7, 11) is 0. The lowest BCUT2D eigenvalue weighted by molar-refractivity contribution is 0.286. The molecule has 0 aliphatic rings. The summed E-state index contributed by atoms with van der Waals surface area (Å²) in [6, 6.07) is 4.04. The highest BCUT2D eigenvalue weighted by Gasteiger charge is 2.12. The van der Waals surface area contributed by atoms with E-state index in [9.17, 15) is 4.39 Å². The Morgan fingerprint density at radius 3 is 2.26 bits per heavy atom. The predicted molar refractivity (Wildman–Crippen MR) is 84.5 cm³/mol. The SMILES string of the molecule is CC(C)(C)NCc1cc(Br)c(OCCCF)c(Br)c1. The van der Waals surface area contributed by atoms with Crippen molar-refractivity contribution in [1.29, 1.82) is 0 Å². The molecule has 0 atom stereocenters. The molecule has 0 aromatic heterocycles. The highest BCUT2D eigenvalue weighted by Crippen LogP contribution is 2.35. The van der Waals surface area contributed by atoms with E-state index in [0.717, 1.165) is 26.8 Å². The fraction of sp³-hybridized carbons (Fsp3) is 0.571. The van der Waals surface area contributed by atoms with Gasteiger partial charge in [0.05, 0.1) is 22.2 Å². The Labute approximate surface area is 131 Å². The van der Waals surface area contributed by atoms with Crippen LogP contribution in [-0.2, 0) is 6.54 Å². The van der Waals surface area contributed by atoms with E-state index in [1.54, 1.807) is 0 Å². The summed E-state index contributed by atoms with van der Waals surface area (Å²) in [5.41, 5.74) is 1.24. The molecule has 1 N–H and O–H groups in total. The van der Waals surface area contributed by atoms with E-state index in [-0.39, 0.29) is 12.2 Å². The van der Waals surface area contributed by atoms with E-state index < -0.39 is 0 Å². The van der Waals surface area contributed by atoms with Gasteiger partial charge < -0.3 is 10.1 Å². The second kappa shape index (κ2) is 7.60. The Kier molecular flexibility index (Phi) is 6.77. The number of ether oxygens (including phenoxy) is 1. The van der Waals surface area contributed by atoms with Crippen molar-refractivity contribution in [2.75, 3.05) is 13.3 Å². The standard InChI is InChI=1S/C14H20Br2FNO/c1-14(2,3)18-9-10-7-11(15)13(12(16)8-10)19-6-4-5-17/h7-8,18H,4-6,9H2,1-3H3. The van der Waals surface area contributed by atoms with Crippen LogP contribution in [0.5, 0.6) is 5.75 Å². The molecule has 2 nitrogen and oxygen atoms in total. The van der Waals surface area contributed by atoms with Crippen molar-refractivity contribution >= 4 is 31.9 Å². The molecule has 0 bridgehead atoms. The van der Waals surface area contributed by atoms with Crippen LogP contribution in [0, 0.1) is 0 Å². The van der Waals surface area contributed by atoms with Crippen LogP contribution in [0.4, 0.5) is 4.39 Å². The van der Waals surface area contributed by atoms with Crippen LogP contribution in [0.2, 0.25) is 0 Å².